The fraction of sp³-hybridized carbons (Fsp3) is 0.200. The van der Waals surface area contributed by atoms with Gasteiger partial charge in [0.2, 0.25) is 0 Å². The molecule has 0 unspecified atom stereocenters. The Bertz CT molecular complexity index is 523. The SMILES string of the molecule is CCc1ccc(OCc2ccc(I)cc2)c(N)c1. The highest BCUT2D eigenvalue weighted by atomic mass is 127. The third kappa shape index (κ3) is 3.38. The van der Waals surface area contributed by atoms with E-state index in [-0.39, 0.29) is 0 Å². The number of benzene rings is 2. The van der Waals surface area contributed by atoms with Crippen LogP contribution in [0.2, 0.25) is 0 Å². The number of ether oxygens (including phenoxy) is 1. The lowest BCUT2D eigenvalue weighted by molar-refractivity contribution is 0.308. The van der Waals surface area contributed by atoms with E-state index in [1.807, 2.05) is 12.1 Å². The van der Waals surface area contributed by atoms with E-state index in [4.69, 9.17) is 10.5 Å². The number of nitrogens with two attached hydrogens (primary N) is 1. The predicted molar refractivity (Wildman–Crippen MR) is 83.7 cm³/mol. The molecule has 0 bridgehead atoms. The van der Waals surface area contributed by atoms with Gasteiger partial charge >= 0.3 is 0 Å². The van der Waals surface area contributed by atoms with Crippen molar-refractivity contribution >= 4 is 28.3 Å². The summed E-state index contributed by atoms with van der Waals surface area (Å²) in [6.45, 7) is 2.66. The van der Waals surface area contributed by atoms with Crippen LogP contribution in [0.3, 0.4) is 0 Å². The van der Waals surface area contributed by atoms with E-state index >= 15 is 0 Å². The van der Waals surface area contributed by atoms with Gasteiger partial charge in [-0.15, -0.1) is 0 Å². The summed E-state index contributed by atoms with van der Waals surface area (Å²) in [5.41, 5.74) is 9.05. The second-order valence-electron chi connectivity index (χ2n) is 4.14. The van der Waals surface area contributed by atoms with Crippen LogP contribution in [0.4, 0.5) is 5.69 Å². The van der Waals surface area contributed by atoms with Crippen molar-refractivity contribution in [3.63, 3.8) is 0 Å². The lowest BCUT2D eigenvalue weighted by Crippen LogP contribution is -1.99. The third-order valence-electron chi connectivity index (χ3n) is 2.79. The Kier molecular flexibility index (Phi) is 4.47. The molecule has 0 heterocycles. The molecule has 0 radical (unpaired) electrons. The van der Waals surface area contributed by atoms with E-state index in [9.17, 15) is 0 Å². The maximum absolute atomic E-state index is 5.96. The Morgan fingerprint density at radius 1 is 1.06 bits per heavy atom. The lowest BCUT2D eigenvalue weighted by atomic mass is 10.1. The van der Waals surface area contributed by atoms with E-state index in [0.717, 1.165) is 17.7 Å². The summed E-state index contributed by atoms with van der Waals surface area (Å²) < 4.78 is 6.96. The van der Waals surface area contributed by atoms with E-state index in [1.165, 1.54) is 9.13 Å². The Balaban J connectivity index is 2.04. The quantitative estimate of drug-likeness (QED) is 0.666. The minimum atomic E-state index is 0.548. The number of halogens is 1. The van der Waals surface area contributed by atoms with Gasteiger partial charge < -0.3 is 10.5 Å². The first kappa shape index (κ1) is 13.2. The molecule has 0 aliphatic rings. The molecule has 0 aliphatic carbocycles. The molecule has 94 valence electrons. The highest BCUT2D eigenvalue weighted by molar-refractivity contribution is 14.1. The number of hydrogen-bond donors (Lipinski definition) is 1. The van der Waals surface area contributed by atoms with Gasteiger partial charge in [-0.1, -0.05) is 25.1 Å². The highest BCUT2D eigenvalue weighted by Crippen LogP contribution is 2.23. The number of hydrogen-bond acceptors (Lipinski definition) is 2. The molecular weight excluding hydrogens is 337 g/mol. The summed E-state index contributed by atoms with van der Waals surface area (Å²) in [4.78, 5) is 0. The summed E-state index contributed by atoms with van der Waals surface area (Å²) >= 11 is 2.29. The van der Waals surface area contributed by atoms with Gasteiger partial charge in [0.1, 0.15) is 12.4 Å². The van der Waals surface area contributed by atoms with Crippen molar-refractivity contribution in [2.24, 2.45) is 0 Å². The maximum atomic E-state index is 5.96. The smallest absolute Gasteiger partial charge is 0.142 e. The first-order chi connectivity index (χ1) is 8.69. The van der Waals surface area contributed by atoms with E-state index < -0.39 is 0 Å². The fourth-order valence-corrected chi connectivity index (χ4v) is 2.05. The predicted octanol–water partition coefficient (Wildman–Crippen LogP) is 4.01. The standard InChI is InChI=1S/C15H16INO/c1-2-11-5-8-15(14(17)9-11)18-10-12-3-6-13(16)7-4-12/h3-9H,2,10,17H2,1H3. The largest absolute Gasteiger partial charge is 0.487 e. The van der Waals surface area contributed by atoms with Crippen molar-refractivity contribution < 1.29 is 4.74 Å². The topological polar surface area (TPSA) is 35.2 Å². The van der Waals surface area contributed by atoms with Gasteiger partial charge in [0.15, 0.2) is 0 Å². The summed E-state index contributed by atoms with van der Waals surface area (Å²) in [6.07, 6.45) is 0.988. The normalized spacial score (nSPS) is 10.3. The zero-order valence-electron chi connectivity index (χ0n) is 10.3. The van der Waals surface area contributed by atoms with Gasteiger partial charge in [-0.2, -0.15) is 0 Å². The van der Waals surface area contributed by atoms with Crippen LogP contribution in [0.1, 0.15) is 18.1 Å². The van der Waals surface area contributed by atoms with Gasteiger partial charge in [0.05, 0.1) is 5.69 Å². The Labute approximate surface area is 121 Å². The van der Waals surface area contributed by atoms with Crippen LogP contribution in [0.25, 0.3) is 0 Å². The summed E-state index contributed by atoms with van der Waals surface area (Å²) in [6, 6.07) is 14.3. The van der Waals surface area contributed by atoms with Crippen LogP contribution in [0, 0.1) is 3.57 Å². The van der Waals surface area contributed by atoms with Crippen molar-refractivity contribution in [3.8, 4) is 5.75 Å². The Morgan fingerprint density at radius 2 is 1.72 bits per heavy atom. The van der Waals surface area contributed by atoms with Gasteiger partial charge in [-0.3, -0.25) is 0 Å². The van der Waals surface area contributed by atoms with Crippen LogP contribution in [-0.2, 0) is 13.0 Å². The van der Waals surface area contributed by atoms with Crippen molar-refractivity contribution in [1.29, 1.82) is 0 Å². The average molecular weight is 353 g/mol. The second kappa shape index (κ2) is 6.09. The highest BCUT2D eigenvalue weighted by Gasteiger charge is 2.02. The molecule has 3 heteroatoms. The van der Waals surface area contributed by atoms with Crippen LogP contribution in [-0.4, -0.2) is 0 Å². The van der Waals surface area contributed by atoms with Crippen molar-refractivity contribution in [2.75, 3.05) is 5.73 Å². The molecule has 2 aromatic carbocycles. The van der Waals surface area contributed by atoms with Crippen molar-refractivity contribution in [2.45, 2.75) is 20.0 Å². The molecule has 0 spiro atoms. The molecule has 0 aromatic heterocycles. The lowest BCUT2D eigenvalue weighted by Gasteiger charge is -2.10. The molecule has 2 nitrogen and oxygen atoms in total. The zero-order valence-corrected chi connectivity index (χ0v) is 12.5. The number of nitrogen functional groups attached to an aromatic ring is 1. The van der Waals surface area contributed by atoms with Crippen LogP contribution < -0.4 is 10.5 Å². The minimum Gasteiger partial charge on any atom is -0.487 e. The third-order valence-corrected chi connectivity index (χ3v) is 3.51. The summed E-state index contributed by atoms with van der Waals surface area (Å²) in [7, 11) is 0. The molecule has 0 amide bonds. The zero-order chi connectivity index (χ0) is 13.0. The molecule has 0 atom stereocenters. The van der Waals surface area contributed by atoms with E-state index in [2.05, 4.69) is 59.8 Å². The molecule has 0 aliphatic heterocycles. The number of anilines is 1. The Morgan fingerprint density at radius 3 is 2.33 bits per heavy atom. The molecular formula is C15H16INO. The minimum absolute atomic E-state index is 0.548. The molecule has 2 N–H and O–H groups in total. The van der Waals surface area contributed by atoms with Gasteiger partial charge in [-0.05, 0) is 64.4 Å². The van der Waals surface area contributed by atoms with Gasteiger partial charge in [0, 0.05) is 3.57 Å². The molecule has 0 saturated heterocycles. The van der Waals surface area contributed by atoms with Crippen molar-refractivity contribution in [3.05, 3.63) is 57.2 Å². The number of aryl methyl sites for hydroxylation is 1. The number of rotatable bonds is 4. The Hall–Kier alpha value is -1.23. The second-order valence-corrected chi connectivity index (χ2v) is 5.39. The van der Waals surface area contributed by atoms with Crippen molar-refractivity contribution in [1.82, 2.24) is 0 Å². The van der Waals surface area contributed by atoms with Gasteiger partial charge in [-0.25, -0.2) is 0 Å². The van der Waals surface area contributed by atoms with E-state index in [0.29, 0.717) is 12.3 Å². The fourth-order valence-electron chi connectivity index (χ4n) is 1.69. The summed E-state index contributed by atoms with van der Waals surface area (Å²) in [5.74, 6) is 0.755. The first-order valence-corrected chi connectivity index (χ1v) is 7.02. The van der Waals surface area contributed by atoms with Gasteiger partial charge in [0.25, 0.3) is 0 Å². The average Bonchev–Trinajstić information content (AvgIpc) is 2.39. The molecule has 2 rings (SSSR count). The molecule has 2 aromatic rings. The molecule has 0 fully saturated rings. The monoisotopic (exact) mass is 353 g/mol. The first-order valence-electron chi connectivity index (χ1n) is 5.94. The summed E-state index contributed by atoms with van der Waals surface area (Å²) in [5, 5.41) is 0. The van der Waals surface area contributed by atoms with E-state index in [1.54, 1.807) is 0 Å². The van der Waals surface area contributed by atoms with Crippen LogP contribution >= 0.6 is 22.6 Å². The van der Waals surface area contributed by atoms with Crippen LogP contribution in [0.15, 0.2) is 42.5 Å². The molecule has 0 saturated carbocycles. The van der Waals surface area contributed by atoms with Crippen LogP contribution in [0.5, 0.6) is 5.75 Å². The molecule has 18 heavy (non-hydrogen) atoms. The maximum Gasteiger partial charge on any atom is 0.142 e.